The molecule has 0 radical (unpaired) electrons. The van der Waals surface area contributed by atoms with Crippen LogP contribution in [-0.4, -0.2) is 0 Å². The Bertz CT molecular complexity index is 809. The summed E-state index contributed by atoms with van der Waals surface area (Å²) in [5.74, 6) is 0. The fourth-order valence-electron chi connectivity index (χ4n) is 3.17. The molecule has 0 heterocycles. The Morgan fingerprint density at radius 2 is 1.71 bits per heavy atom. The fraction of sp³-hybridized carbons (Fsp3) is 0.217. The Hall–Kier alpha value is -2.54. The van der Waals surface area contributed by atoms with Crippen LogP contribution in [0.1, 0.15) is 28.7 Å². The van der Waals surface area contributed by atoms with Crippen molar-refractivity contribution in [3.05, 3.63) is 101 Å². The molecule has 0 aromatic heterocycles. The van der Waals surface area contributed by atoms with E-state index in [1.807, 2.05) is 0 Å². The first kappa shape index (κ1) is 16.3. The minimum atomic E-state index is 0.893. The number of benzene rings is 2. The first-order chi connectivity index (χ1) is 11.6. The molecule has 0 N–H and O–H groups in total. The molecule has 0 spiro atoms. The summed E-state index contributed by atoms with van der Waals surface area (Å²) in [4.78, 5) is 2.46. The van der Waals surface area contributed by atoms with Crippen molar-refractivity contribution < 1.29 is 0 Å². The molecule has 0 unspecified atom stereocenters. The van der Waals surface area contributed by atoms with E-state index in [1.165, 1.54) is 33.6 Å². The smallest absolute Gasteiger partial charge is 0.0481 e. The molecule has 1 aliphatic rings. The van der Waals surface area contributed by atoms with Gasteiger partial charge in [0.15, 0.2) is 0 Å². The van der Waals surface area contributed by atoms with E-state index in [2.05, 4.69) is 98.5 Å². The Morgan fingerprint density at radius 3 is 2.50 bits per heavy atom. The summed E-state index contributed by atoms with van der Waals surface area (Å²) in [5, 5.41) is 0. The van der Waals surface area contributed by atoms with Crippen LogP contribution in [0.15, 0.2) is 78.5 Å². The molecule has 0 aliphatic heterocycles. The standard InChI is InChI=1S/C23H25N/c1-18-14-15-23(20(3)16-18)24(22-12-6-4-5-7-13-22)17-21-11-9-8-10-19(21)2/h4-12,14-16H,13,17H2,1-3H3. The summed E-state index contributed by atoms with van der Waals surface area (Å²) in [6.45, 7) is 7.44. The molecule has 0 atom stereocenters. The number of allylic oxidation sites excluding steroid dienone is 5. The zero-order valence-corrected chi connectivity index (χ0v) is 14.8. The van der Waals surface area contributed by atoms with Gasteiger partial charge in [-0.1, -0.05) is 66.3 Å². The summed E-state index contributed by atoms with van der Waals surface area (Å²) >= 11 is 0. The van der Waals surface area contributed by atoms with Gasteiger partial charge in [0.1, 0.15) is 0 Å². The van der Waals surface area contributed by atoms with Gasteiger partial charge in [-0.05, 0) is 49.6 Å². The van der Waals surface area contributed by atoms with Gasteiger partial charge in [0.05, 0.1) is 0 Å². The molecule has 0 saturated heterocycles. The van der Waals surface area contributed by atoms with Gasteiger partial charge in [0.25, 0.3) is 0 Å². The average Bonchev–Trinajstić information content (AvgIpc) is 2.84. The van der Waals surface area contributed by atoms with Gasteiger partial charge in [0.2, 0.25) is 0 Å². The largest absolute Gasteiger partial charge is 0.340 e. The van der Waals surface area contributed by atoms with E-state index in [-0.39, 0.29) is 0 Å². The Labute approximate surface area is 145 Å². The summed E-state index contributed by atoms with van der Waals surface area (Å²) in [7, 11) is 0. The third-order valence-electron chi connectivity index (χ3n) is 4.55. The lowest BCUT2D eigenvalue weighted by molar-refractivity contribution is 0.875. The van der Waals surface area contributed by atoms with Crippen LogP contribution in [0.2, 0.25) is 0 Å². The molecule has 0 fully saturated rings. The number of nitrogens with zero attached hydrogens (tertiary/aromatic N) is 1. The van der Waals surface area contributed by atoms with Crippen molar-refractivity contribution in [1.82, 2.24) is 0 Å². The molecule has 2 aromatic rings. The molecule has 2 aromatic carbocycles. The first-order valence-electron chi connectivity index (χ1n) is 8.57. The molecule has 1 heteroatoms. The Balaban J connectivity index is 2.03. The van der Waals surface area contributed by atoms with Crippen LogP contribution in [0.25, 0.3) is 0 Å². The second-order valence-corrected chi connectivity index (χ2v) is 6.48. The molecule has 0 bridgehead atoms. The second kappa shape index (κ2) is 7.35. The van der Waals surface area contributed by atoms with Crippen molar-refractivity contribution in [2.45, 2.75) is 33.7 Å². The van der Waals surface area contributed by atoms with Crippen LogP contribution >= 0.6 is 0 Å². The van der Waals surface area contributed by atoms with Crippen LogP contribution in [0, 0.1) is 20.8 Å². The average molecular weight is 315 g/mol. The first-order valence-corrected chi connectivity index (χ1v) is 8.57. The van der Waals surface area contributed by atoms with Crippen molar-refractivity contribution in [3.8, 4) is 0 Å². The number of hydrogen-bond donors (Lipinski definition) is 0. The molecule has 3 rings (SSSR count). The number of hydrogen-bond acceptors (Lipinski definition) is 1. The van der Waals surface area contributed by atoms with Crippen LogP contribution < -0.4 is 4.90 Å². The van der Waals surface area contributed by atoms with Gasteiger partial charge in [-0.15, -0.1) is 0 Å². The minimum Gasteiger partial charge on any atom is -0.340 e. The predicted molar refractivity (Wildman–Crippen MR) is 104 cm³/mol. The van der Waals surface area contributed by atoms with E-state index in [1.54, 1.807) is 0 Å². The van der Waals surface area contributed by atoms with Crippen LogP contribution in [0.3, 0.4) is 0 Å². The van der Waals surface area contributed by atoms with E-state index < -0.39 is 0 Å². The lowest BCUT2D eigenvalue weighted by Crippen LogP contribution is -2.23. The van der Waals surface area contributed by atoms with Gasteiger partial charge in [-0.3, -0.25) is 0 Å². The lowest BCUT2D eigenvalue weighted by Gasteiger charge is -2.29. The SMILES string of the molecule is Cc1ccc(N(Cc2ccccc2C)C2=CC=CC=CC2)c(C)c1. The van der Waals surface area contributed by atoms with Gasteiger partial charge in [-0.25, -0.2) is 0 Å². The van der Waals surface area contributed by atoms with Crippen molar-refractivity contribution in [1.29, 1.82) is 0 Å². The third kappa shape index (κ3) is 3.68. The maximum atomic E-state index is 2.46. The lowest BCUT2D eigenvalue weighted by atomic mass is 10.0. The zero-order chi connectivity index (χ0) is 16.9. The molecule has 122 valence electrons. The van der Waals surface area contributed by atoms with Crippen LogP contribution in [0.4, 0.5) is 5.69 Å². The Kier molecular flexibility index (Phi) is 5.00. The quantitative estimate of drug-likeness (QED) is 0.667. The van der Waals surface area contributed by atoms with Crippen molar-refractivity contribution in [2.75, 3.05) is 4.90 Å². The number of anilines is 1. The third-order valence-corrected chi connectivity index (χ3v) is 4.55. The van der Waals surface area contributed by atoms with Crippen molar-refractivity contribution in [3.63, 3.8) is 0 Å². The maximum Gasteiger partial charge on any atom is 0.0481 e. The monoisotopic (exact) mass is 315 g/mol. The van der Waals surface area contributed by atoms with E-state index in [0.717, 1.165) is 13.0 Å². The normalized spacial score (nSPS) is 13.5. The molecule has 1 aliphatic carbocycles. The predicted octanol–water partition coefficient (Wildman–Crippen LogP) is 6.02. The zero-order valence-electron chi connectivity index (χ0n) is 14.8. The molecule has 0 saturated carbocycles. The Morgan fingerprint density at radius 1 is 0.875 bits per heavy atom. The highest BCUT2D eigenvalue weighted by molar-refractivity contribution is 5.60. The van der Waals surface area contributed by atoms with Gasteiger partial charge in [0, 0.05) is 24.4 Å². The van der Waals surface area contributed by atoms with Crippen LogP contribution in [0.5, 0.6) is 0 Å². The fourth-order valence-corrected chi connectivity index (χ4v) is 3.17. The number of rotatable bonds is 4. The second-order valence-electron chi connectivity index (χ2n) is 6.48. The van der Waals surface area contributed by atoms with E-state index in [0.29, 0.717) is 0 Å². The van der Waals surface area contributed by atoms with Crippen LogP contribution in [-0.2, 0) is 6.54 Å². The van der Waals surface area contributed by atoms with Gasteiger partial charge >= 0.3 is 0 Å². The molecule has 1 nitrogen and oxygen atoms in total. The summed E-state index contributed by atoms with van der Waals surface area (Å²) < 4.78 is 0. The summed E-state index contributed by atoms with van der Waals surface area (Å²) in [5.41, 5.74) is 7.96. The highest BCUT2D eigenvalue weighted by atomic mass is 15.1. The van der Waals surface area contributed by atoms with Crippen molar-refractivity contribution >= 4 is 5.69 Å². The van der Waals surface area contributed by atoms with E-state index in [4.69, 9.17) is 0 Å². The minimum absolute atomic E-state index is 0.893. The van der Waals surface area contributed by atoms with E-state index in [9.17, 15) is 0 Å². The van der Waals surface area contributed by atoms with Crippen molar-refractivity contribution in [2.24, 2.45) is 0 Å². The summed E-state index contributed by atoms with van der Waals surface area (Å²) in [6.07, 6.45) is 11.8. The maximum absolute atomic E-state index is 2.46. The topological polar surface area (TPSA) is 3.24 Å². The molecular weight excluding hydrogens is 290 g/mol. The van der Waals surface area contributed by atoms with Gasteiger partial charge < -0.3 is 4.90 Å². The highest BCUT2D eigenvalue weighted by Gasteiger charge is 2.15. The summed E-state index contributed by atoms with van der Waals surface area (Å²) in [6, 6.07) is 15.4. The van der Waals surface area contributed by atoms with E-state index >= 15 is 0 Å². The number of aryl methyl sites for hydroxylation is 3. The molecule has 0 amide bonds. The highest BCUT2D eigenvalue weighted by Crippen LogP contribution is 2.29. The molecule has 24 heavy (non-hydrogen) atoms. The van der Waals surface area contributed by atoms with Gasteiger partial charge in [-0.2, -0.15) is 0 Å². The molecular formula is C23H25N.